The third-order valence-corrected chi connectivity index (χ3v) is 10.8. The Morgan fingerprint density at radius 1 is 0.218 bits per heavy atom. The van der Waals surface area contributed by atoms with Crippen LogP contribution in [0.3, 0.4) is 0 Å². The van der Waals surface area contributed by atoms with E-state index in [-0.39, 0.29) is 0 Å². The van der Waals surface area contributed by atoms with Gasteiger partial charge in [-0.2, -0.15) is 0 Å². The number of benzene rings is 10. The van der Waals surface area contributed by atoms with E-state index in [1.165, 1.54) is 76.8 Å². The highest BCUT2D eigenvalue weighted by molar-refractivity contribution is 6.09. The van der Waals surface area contributed by atoms with E-state index < -0.39 is 0 Å². The fourth-order valence-corrected chi connectivity index (χ4v) is 8.00. The number of hydrogen-bond acceptors (Lipinski definition) is 1. The first-order chi connectivity index (χ1) is 27.2. The third-order valence-electron chi connectivity index (χ3n) is 10.8. The Kier molecular flexibility index (Phi) is 8.24. The molecule has 0 N–H and O–H groups in total. The molecule has 0 saturated heterocycles. The van der Waals surface area contributed by atoms with Crippen LogP contribution >= 0.6 is 0 Å². The van der Waals surface area contributed by atoms with Crippen molar-refractivity contribution in [1.82, 2.24) is 0 Å². The molecular weight excluding hydrogens is 663 g/mol. The summed E-state index contributed by atoms with van der Waals surface area (Å²) in [7, 11) is 0. The summed E-state index contributed by atoms with van der Waals surface area (Å²) in [5.74, 6) is 0. The van der Waals surface area contributed by atoms with Gasteiger partial charge >= 0.3 is 0 Å². The standard InChI is InChI=1S/C54H37N/c1-3-11-38(12-4-1)40-19-22-44(23-20-40)52-34-33-50(37-53(52)42-14-5-2-6-15-42)55(49-32-29-45-25-24-43-16-9-10-18-51(43)54(45)36-49)48-30-27-41(28-31-48)47-26-21-39-13-7-8-17-46(39)35-47/h1-37H. The van der Waals surface area contributed by atoms with Gasteiger partial charge in [-0.05, 0) is 119 Å². The molecule has 1 heteroatoms. The molecule has 0 atom stereocenters. The van der Waals surface area contributed by atoms with E-state index >= 15 is 0 Å². The summed E-state index contributed by atoms with van der Waals surface area (Å²) in [6.07, 6.45) is 0. The van der Waals surface area contributed by atoms with Crippen LogP contribution in [0.2, 0.25) is 0 Å². The van der Waals surface area contributed by atoms with Crippen molar-refractivity contribution >= 4 is 49.4 Å². The second kappa shape index (κ2) is 14.0. The first kappa shape index (κ1) is 32.4. The van der Waals surface area contributed by atoms with Crippen molar-refractivity contribution in [2.75, 3.05) is 4.90 Å². The van der Waals surface area contributed by atoms with Crippen molar-refractivity contribution in [3.63, 3.8) is 0 Å². The maximum Gasteiger partial charge on any atom is 0.0468 e. The Balaban J connectivity index is 1.13. The summed E-state index contributed by atoms with van der Waals surface area (Å²) >= 11 is 0. The van der Waals surface area contributed by atoms with Gasteiger partial charge in [-0.1, -0.05) is 182 Å². The summed E-state index contributed by atoms with van der Waals surface area (Å²) < 4.78 is 0. The Hall–Kier alpha value is -7.22. The third kappa shape index (κ3) is 6.22. The molecule has 0 bridgehead atoms. The van der Waals surface area contributed by atoms with Crippen LogP contribution in [-0.2, 0) is 0 Å². The molecule has 0 spiro atoms. The largest absolute Gasteiger partial charge is 0.310 e. The molecule has 10 rings (SSSR count). The van der Waals surface area contributed by atoms with Crippen LogP contribution in [0.5, 0.6) is 0 Å². The van der Waals surface area contributed by atoms with Gasteiger partial charge in [0.1, 0.15) is 0 Å². The lowest BCUT2D eigenvalue weighted by molar-refractivity contribution is 1.29. The van der Waals surface area contributed by atoms with Gasteiger partial charge in [0.15, 0.2) is 0 Å². The monoisotopic (exact) mass is 699 g/mol. The van der Waals surface area contributed by atoms with Crippen LogP contribution in [0.1, 0.15) is 0 Å². The number of fused-ring (bicyclic) bond motifs is 4. The smallest absolute Gasteiger partial charge is 0.0468 e. The first-order valence-electron chi connectivity index (χ1n) is 18.9. The maximum absolute atomic E-state index is 2.40. The SMILES string of the molecule is c1ccc(-c2ccc(-c3ccc(N(c4ccc(-c5ccc6ccccc6c5)cc4)c4ccc5ccc6ccccc6c5c4)cc3-c3ccccc3)cc2)cc1. The summed E-state index contributed by atoms with van der Waals surface area (Å²) in [5.41, 5.74) is 12.9. The van der Waals surface area contributed by atoms with Crippen LogP contribution < -0.4 is 4.90 Å². The van der Waals surface area contributed by atoms with Gasteiger partial charge in [0.2, 0.25) is 0 Å². The van der Waals surface area contributed by atoms with Crippen molar-refractivity contribution < 1.29 is 0 Å². The van der Waals surface area contributed by atoms with E-state index in [9.17, 15) is 0 Å². The fourth-order valence-electron chi connectivity index (χ4n) is 8.00. The van der Waals surface area contributed by atoms with Crippen LogP contribution in [0, 0.1) is 0 Å². The topological polar surface area (TPSA) is 3.24 Å². The molecule has 0 radical (unpaired) electrons. The lowest BCUT2D eigenvalue weighted by atomic mass is 9.92. The van der Waals surface area contributed by atoms with Crippen LogP contribution in [0.4, 0.5) is 17.1 Å². The minimum absolute atomic E-state index is 1.10. The minimum Gasteiger partial charge on any atom is -0.310 e. The second-order valence-electron chi connectivity index (χ2n) is 14.2. The normalized spacial score (nSPS) is 11.3. The molecule has 0 fully saturated rings. The Labute approximate surface area is 322 Å². The van der Waals surface area contributed by atoms with Gasteiger partial charge in [-0.15, -0.1) is 0 Å². The zero-order valence-corrected chi connectivity index (χ0v) is 30.3. The molecule has 55 heavy (non-hydrogen) atoms. The van der Waals surface area contributed by atoms with Gasteiger partial charge in [-0.3, -0.25) is 0 Å². The average molecular weight is 700 g/mol. The predicted molar refractivity (Wildman–Crippen MR) is 235 cm³/mol. The molecule has 0 aromatic heterocycles. The number of anilines is 3. The zero-order valence-electron chi connectivity index (χ0n) is 30.3. The first-order valence-corrected chi connectivity index (χ1v) is 18.9. The molecule has 258 valence electrons. The molecular formula is C54H37N. The molecule has 10 aromatic carbocycles. The molecule has 0 unspecified atom stereocenters. The van der Waals surface area contributed by atoms with E-state index in [1.807, 2.05) is 0 Å². The van der Waals surface area contributed by atoms with Gasteiger partial charge in [0, 0.05) is 17.1 Å². The highest BCUT2D eigenvalue weighted by atomic mass is 15.1. The van der Waals surface area contributed by atoms with E-state index in [0.29, 0.717) is 0 Å². The van der Waals surface area contributed by atoms with Crippen LogP contribution in [-0.4, -0.2) is 0 Å². The maximum atomic E-state index is 2.40. The number of rotatable bonds is 7. The van der Waals surface area contributed by atoms with E-state index in [1.54, 1.807) is 0 Å². The summed E-state index contributed by atoms with van der Waals surface area (Å²) in [5, 5.41) is 7.47. The lowest BCUT2D eigenvalue weighted by Crippen LogP contribution is -2.10. The van der Waals surface area contributed by atoms with Crippen LogP contribution in [0.15, 0.2) is 224 Å². The summed E-state index contributed by atoms with van der Waals surface area (Å²) in [4.78, 5) is 2.40. The van der Waals surface area contributed by atoms with Gasteiger partial charge in [0.05, 0.1) is 0 Å². The van der Waals surface area contributed by atoms with E-state index in [2.05, 4.69) is 229 Å². The van der Waals surface area contributed by atoms with Gasteiger partial charge in [-0.25, -0.2) is 0 Å². The molecule has 10 aromatic rings. The lowest BCUT2D eigenvalue weighted by Gasteiger charge is -2.27. The van der Waals surface area contributed by atoms with E-state index in [4.69, 9.17) is 0 Å². The van der Waals surface area contributed by atoms with Crippen molar-refractivity contribution in [3.05, 3.63) is 224 Å². The highest BCUT2D eigenvalue weighted by Crippen LogP contribution is 2.43. The molecule has 0 heterocycles. The average Bonchev–Trinajstić information content (AvgIpc) is 3.27. The minimum atomic E-state index is 1.10. The fraction of sp³-hybridized carbons (Fsp3) is 0. The van der Waals surface area contributed by atoms with Crippen molar-refractivity contribution in [1.29, 1.82) is 0 Å². The van der Waals surface area contributed by atoms with Gasteiger partial charge in [0.25, 0.3) is 0 Å². The van der Waals surface area contributed by atoms with Gasteiger partial charge < -0.3 is 4.90 Å². The summed E-state index contributed by atoms with van der Waals surface area (Å²) in [6, 6.07) is 81.5. The van der Waals surface area contributed by atoms with Crippen LogP contribution in [0.25, 0.3) is 76.8 Å². The number of hydrogen-bond donors (Lipinski definition) is 0. The molecule has 0 aliphatic carbocycles. The van der Waals surface area contributed by atoms with Crippen molar-refractivity contribution in [3.8, 4) is 44.5 Å². The highest BCUT2D eigenvalue weighted by Gasteiger charge is 2.18. The van der Waals surface area contributed by atoms with Crippen molar-refractivity contribution in [2.45, 2.75) is 0 Å². The Morgan fingerprint density at radius 2 is 0.673 bits per heavy atom. The molecule has 0 aliphatic heterocycles. The zero-order chi connectivity index (χ0) is 36.6. The van der Waals surface area contributed by atoms with E-state index in [0.717, 1.165) is 17.1 Å². The molecule has 1 nitrogen and oxygen atoms in total. The number of nitrogens with zero attached hydrogens (tertiary/aromatic N) is 1. The molecule has 0 aliphatic rings. The quantitative estimate of drug-likeness (QED) is 0.150. The molecule has 0 amide bonds. The molecule has 0 saturated carbocycles. The van der Waals surface area contributed by atoms with Crippen molar-refractivity contribution in [2.24, 2.45) is 0 Å². The Bertz CT molecular complexity index is 2950. The second-order valence-corrected chi connectivity index (χ2v) is 14.2. The predicted octanol–water partition coefficient (Wildman–Crippen LogP) is 15.3. The Morgan fingerprint density at radius 3 is 1.44 bits per heavy atom. The summed E-state index contributed by atoms with van der Waals surface area (Å²) in [6.45, 7) is 0.